The van der Waals surface area contributed by atoms with E-state index < -0.39 is 44.5 Å². The molecule has 3 aromatic carbocycles. The number of rotatable bonds is 21. The summed E-state index contributed by atoms with van der Waals surface area (Å²) < 4.78 is 33.9. The lowest BCUT2D eigenvalue weighted by Crippen LogP contribution is -2.56. The average molecular weight is 844 g/mol. The monoisotopic (exact) mass is 843 g/mol. The van der Waals surface area contributed by atoms with Crippen LogP contribution in [0.1, 0.15) is 78.3 Å². The molecule has 0 radical (unpaired) electrons. The van der Waals surface area contributed by atoms with E-state index in [1.165, 1.54) is 10.9 Å². The number of methoxy groups -OCH3 is 2. The van der Waals surface area contributed by atoms with Gasteiger partial charge in [-0.3, -0.25) is 24.5 Å². The van der Waals surface area contributed by atoms with Gasteiger partial charge in [0.15, 0.2) is 25.7 Å². The fraction of sp³-hybridized carbons (Fsp3) is 0.467. The van der Waals surface area contributed by atoms with Crippen LogP contribution in [0.4, 0.5) is 5.95 Å². The van der Waals surface area contributed by atoms with Gasteiger partial charge in [-0.2, -0.15) is 4.98 Å². The fourth-order valence-electron chi connectivity index (χ4n) is 8.24. The smallest absolute Gasteiger partial charge is 0.280 e. The molecule has 15 heteroatoms. The van der Waals surface area contributed by atoms with E-state index in [1.54, 1.807) is 28.1 Å². The van der Waals surface area contributed by atoms with Crippen LogP contribution in [-0.4, -0.2) is 90.2 Å². The van der Waals surface area contributed by atoms with Crippen LogP contribution in [0.25, 0.3) is 11.2 Å². The average Bonchev–Trinajstić information content (AvgIpc) is 3.67. The number of nitrogens with zero attached hydrogens (tertiary/aromatic N) is 3. The molecule has 0 spiro atoms. The van der Waals surface area contributed by atoms with Gasteiger partial charge in [-0.05, 0) is 57.6 Å². The molecule has 1 amide bonds. The molecule has 1 unspecified atom stereocenters. The lowest BCUT2D eigenvalue weighted by molar-refractivity contribution is -0.210. The van der Waals surface area contributed by atoms with Crippen molar-refractivity contribution in [3.8, 4) is 11.5 Å². The topological polar surface area (TPSA) is 179 Å². The van der Waals surface area contributed by atoms with Gasteiger partial charge in [-0.1, -0.05) is 110 Å². The number of aliphatic hydroxyl groups is 2. The minimum Gasteiger partial charge on any atom is -0.497 e. The van der Waals surface area contributed by atoms with Crippen LogP contribution >= 0.6 is 0 Å². The van der Waals surface area contributed by atoms with Crippen molar-refractivity contribution in [2.75, 3.05) is 46.0 Å². The van der Waals surface area contributed by atoms with Crippen molar-refractivity contribution in [1.29, 1.82) is 0 Å². The zero-order chi connectivity index (χ0) is 43.8. The van der Waals surface area contributed by atoms with E-state index >= 15 is 0 Å². The molecule has 0 bridgehead atoms. The molecular formula is C45H61N5O9Si. The van der Waals surface area contributed by atoms with Crippen LogP contribution in [0.3, 0.4) is 0 Å². The van der Waals surface area contributed by atoms with E-state index in [4.69, 9.17) is 23.4 Å². The number of hydrogen-bond acceptors (Lipinski definition) is 11. The van der Waals surface area contributed by atoms with E-state index in [2.05, 4.69) is 61.8 Å². The molecule has 0 saturated carbocycles. The van der Waals surface area contributed by atoms with Crippen molar-refractivity contribution >= 4 is 31.3 Å². The van der Waals surface area contributed by atoms with Crippen LogP contribution in [0, 0.1) is 5.92 Å². The summed E-state index contributed by atoms with van der Waals surface area (Å²) in [5.74, 6) is 0.499. The molecular weight excluding hydrogens is 783 g/mol. The van der Waals surface area contributed by atoms with Crippen LogP contribution in [0.5, 0.6) is 11.5 Å². The van der Waals surface area contributed by atoms with E-state index in [-0.39, 0.29) is 58.8 Å². The van der Waals surface area contributed by atoms with E-state index in [0.29, 0.717) is 11.5 Å². The maximum atomic E-state index is 13.2. The molecule has 2 heterocycles. The Hall–Kier alpha value is -4.90. The van der Waals surface area contributed by atoms with Crippen LogP contribution < -0.4 is 20.3 Å². The van der Waals surface area contributed by atoms with Crippen molar-refractivity contribution in [2.45, 2.75) is 89.4 Å². The Morgan fingerprint density at radius 1 is 0.800 bits per heavy atom. The Morgan fingerprint density at radius 2 is 1.33 bits per heavy atom. The highest BCUT2D eigenvalue weighted by molar-refractivity contribution is 6.77. The predicted molar refractivity (Wildman–Crippen MR) is 234 cm³/mol. The molecule has 4 N–H and O–H groups in total. The number of nitrogens with one attached hydrogen (secondary N) is 2. The molecule has 2 atom stereocenters. The van der Waals surface area contributed by atoms with Gasteiger partial charge in [0.25, 0.3) is 5.56 Å². The van der Waals surface area contributed by atoms with Crippen LogP contribution in [0.15, 0.2) is 90.0 Å². The van der Waals surface area contributed by atoms with Gasteiger partial charge in [0.1, 0.15) is 22.7 Å². The molecule has 0 fully saturated rings. The van der Waals surface area contributed by atoms with Gasteiger partial charge in [-0.25, -0.2) is 4.98 Å². The number of carbonyl (C=O) groups excluding carboxylic acids is 1. The van der Waals surface area contributed by atoms with Crippen molar-refractivity contribution in [2.24, 2.45) is 5.92 Å². The number of ether oxygens (including phenoxy) is 4. The summed E-state index contributed by atoms with van der Waals surface area (Å²) >= 11 is 0. The first-order valence-corrected chi connectivity index (χ1v) is 22.5. The number of fused-ring (bicyclic) bond motifs is 1. The molecule has 5 aromatic rings. The summed E-state index contributed by atoms with van der Waals surface area (Å²) in [7, 11) is 0.608. The Labute approximate surface area is 353 Å². The molecule has 0 aliphatic carbocycles. The third-order valence-corrected chi connectivity index (χ3v) is 17.4. The number of aromatic amines is 1. The first-order valence-electron chi connectivity index (χ1n) is 20.4. The number of aliphatic hydroxyl groups excluding tert-OH is 2. The zero-order valence-electron chi connectivity index (χ0n) is 36.4. The second-order valence-corrected chi connectivity index (χ2v) is 21.8. The van der Waals surface area contributed by atoms with Gasteiger partial charge in [0.05, 0.1) is 47.0 Å². The fourth-order valence-corrected chi connectivity index (χ4v) is 13.7. The van der Waals surface area contributed by atoms with Crippen molar-refractivity contribution in [3.63, 3.8) is 0 Å². The van der Waals surface area contributed by atoms with Gasteiger partial charge in [-0.15, -0.1) is 0 Å². The molecule has 324 valence electrons. The van der Waals surface area contributed by atoms with Gasteiger partial charge >= 0.3 is 0 Å². The Kier molecular flexibility index (Phi) is 15.1. The summed E-state index contributed by atoms with van der Waals surface area (Å²) in [5, 5.41) is 25.4. The lowest BCUT2D eigenvalue weighted by atomic mass is 9.79. The molecule has 0 aliphatic rings. The largest absolute Gasteiger partial charge is 0.497 e. The van der Waals surface area contributed by atoms with Crippen LogP contribution in [0.2, 0.25) is 16.6 Å². The Balaban J connectivity index is 1.70. The summed E-state index contributed by atoms with van der Waals surface area (Å²) in [5.41, 5.74) is -0.592. The maximum Gasteiger partial charge on any atom is 0.280 e. The van der Waals surface area contributed by atoms with Gasteiger partial charge in [0, 0.05) is 5.92 Å². The number of imidazole rings is 1. The van der Waals surface area contributed by atoms with E-state index in [0.717, 1.165) is 16.7 Å². The van der Waals surface area contributed by atoms with E-state index in [9.17, 15) is 19.8 Å². The first kappa shape index (κ1) is 46.2. The first-order chi connectivity index (χ1) is 28.6. The molecule has 60 heavy (non-hydrogen) atoms. The number of H-pyrrole nitrogens is 1. The number of aromatic nitrogens is 4. The SMILES string of the molecule is COc1ccc(C(OC[C@@](CO)(CO[Si](C(C)C)(C(C)C)C(C)C)OC(CO)n2cnc3c(=O)[nH]c(NC(=O)C(C)C)nc32)(c2ccccc2)c2ccc(OC)cc2)cc1. The van der Waals surface area contributed by atoms with Crippen LogP contribution in [-0.2, 0) is 24.3 Å². The third-order valence-electron chi connectivity index (χ3n) is 11.4. The number of carbonyl (C=O) groups is 1. The third kappa shape index (κ3) is 9.36. The van der Waals surface area contributed by atoms with Gasteiger partial charge in [0.2, 0.25) is 11.9 Å². The van der Waals surface area contributed by atoms with Gasteiger partial charge < -0.3 is 33.6 Å². The number of hydrogen-bond donors (Lipinski definition) is 4. The molecule has 0 aliphatic heterocycles. The van der Waals surface area contributed by atoms with E-state index in [1.807, 2.05) is 78.9 Å². The number of benzene rings is 3. The normalized spacial score (nSPS) is 13.9. The summed E-state index contributed by atoms with van der Waals surface area (Å²) in [6, 6.07) is 25.0. The predicted octanol–water partition coefficient (Wildman–Crippen LogP) is 7.17. The quantitative estimate of drug-likeness (QED) is 0.0435. The lowest BCUT2D eigenvalue weighted by Gasteiger charge is -2.46. The second-order valence-electron chi connectivity index (χ2n) is 16.4. The summed E-state index contributed by atoms with van der Waals surface area (Å²) in [4.78, 5) is 37.2. The minimum atomic E-state index is -2.61. The molecule has 2 aromatic heterocycles. The summed E-state index contributed by atoms with van der Waals surface area (Å²) in [6.07, 6.45) is 0.0861. The van der Waals surface area contributed by atoms with Crippen molar-refractivity contribution < 1.29 is 38.4 Å². The Morgan fingerprint density at radius 3 is 1.80 bits per heavy atom. The number of amides is 1. The zero-order valence-corrected chi connectivity index (χ0v) is 37.4. The summed E-state index contributed by atoms with van der Waals surface area (Å²) in [6.45, 7) is 14.9. The highest BCUT2D eigenvalue weighted by Gasteiger charge is 2.49. The minimum absolute atomic E-state index is 0.0327. The highest BCUT2D eigenvalue weighted by atomic mass is 28.4. The highest BCUT2D eigenvalue weighted by Crippen LogP contribution is 2.45. The molecule has 5 rings (SSSR count). The Bertz CT molecular complexity index is 2140. The van der Waals surface area contributed by atoms with Crippen molar-refractivity contribution in [3.05, 3.63) is 112 Å². The maximum absolute atomic E-state index is 13.2. The standard InChI is InChI=1S/C45H61N5O9Si/c1-29(2)41(53)48-43-47-40-39(42(54)49-43)46-28-50(40)38(24-51)59-44(25-52,27-58-60(30(3)4,31(5)6)32(7)8)26-57-45(33-14-12-11-13-15-33,34-16-20-36(55-9)21-17-34)35-18-22-37(56-10)23-19-35/h11-23,28-32,38,51-52H,24-27H2,1-10H3,(H2,47,48,49,53,54)/t38?,44-/m0/s1. The number of anilines is 1. The molecule has 14 nitrogen and oxygen atoms in total. The van der Waals surface area contributed by atoms with Crippen molar-refractivity contribution in [1.82, 2.24) is 19.5 Å². The second kappa shape index (κ2) is 19.7. The molecule has 0 saturated heterocycles.